The Balaban J connectivity index is 1.66. The van der Waals surface area contributed by atoms with Crippen molar-refractivity contribution >= 4 is 23.5 Å². The highest BCUT2D eigenvalue weighted by atomic mass is 16.4. The number of carbonyl (C=O) groups excluding carboxylic acids is 2. The van der Waals surface area contributed by atoms with Crippen molar-refractivity contribution < 1.29 is 19.5 Å². The van der Waals surface area contributed by atoms with Crippen molar-refractivity contribution in [3.8, 4) is 0 Å². The molecule has 0 unspecified atom stereocenters. The van der Waals surface area contributed by atoms with Gasteiger partial charge in [-0.05, 0) is 43.4 Å². The molecule has 2 amide bonds. The maximum absolute atomic E-state index is 12.4. The number of rotatable bonds is 5. The molecule has 3 rings (SSSR count). The minimum absolute atomic E-state index is 0.0137. The Labute approximate surface area is 134 Å². The van der Waals surface area contributed by atoms with Crippen LogP contribution in [-0.4, -0.2) is 35.5 Å². The predicted octanol–water partition coefficient (Wildman–Crippen LogP) is 1.80. The average molecular weight is 316 g/mol. The van der Waals surface area contributed by atoms with Gasteiger partial charge < -0.3 is 15.3 Å². The van der Waals surface area contributed by atoms with Crippen molar-refractivity contribution in [1.29, 1.82) is 0 Å². The van der Waals surface area contributed by atoms with Crippen LogP contribution in [0, 0.1) is 5.92 Å². The molecule has 0 bridgehead atoms. The second kappa shape index (κ2) is 6.40. The molecule has 1 heterocycles. The Morgan fingerprint density at radius 2 is 2.13 bits per heavy atom. The van der Waals surface area contributed by atoms with Crippen LogP contribution in [0.25, 0.3) is 0 Å². The van der Waals surface area contributed by atoms with Gasteiger partial charge in [0.05, 0.1) is 6.42 Å². The van der Waals surface area contributed by atoms with Crippen LogP contribution in [0.3, 0.4) is 0 Å². The van der Waals surface area contributed by atoms with E-state index in [1.54, 1.807) is 23.1 Å². The molecule has 1 saturated carbocycles. The SMILES string of the molecule is O=C(O)C[C@@H]1CC[C@@H]1NC(=O)c1cccc(N2CCCC2=O)c1. The summed E-state index contributed by atoms with van der Waals surface area (Å²) in [5, 5.41) is 11.8. The zero-order valence-corrected chi connectivity index (χ0v) is 12.8. The summed E-state index contributed by atoms with van der Waals surface area (Å²) in [6, 6.07) is 6.96. The Morgan fingerprint density at radius 1 is 1.30 bits per heavy atom. The summed E-state index contributed by atoms with van der Waals surface area (Å²) in [6.45, 7) is 0.688. The summed E-state index contributed by atoms with van der Waals surface area (Å²) in [5.41, 5.74) is 1.25. The molecule has 2 N–H and O–H groups in total. The monoisotopic (exact) mass is 316 g/mol. The van der Waals surface area contributed by atoms with Gasteiger partial charge in [0.2, 0.25) is 5.91 Å². The van der Waals surface area contributed by atoms with Crippen LogP contribution >= 0.6 is 0 Å². The molecule has 1 aliphatic heterocycles. The predicted molar refractivity (Wildman–Crippen MR) is 84.3 cm³/mol. The third-order valence-electron chi connectivity index (χ3n) is 4.66. The number of nitrogens with zero attached hydrogens (tertiary/aromatic N) is 1. The summed E-state index contributed by atoms with van der Waals surface area (Å²) in [6.07, 6.45) is 3.13. The van der Waals surface area contributed by atoms with Gasteiger partial charge >= 0.3 is 5.97 Å². The molecule has 0 aromatic heterocycles. The fraction of sp³-hybridized carbons (Fsp3) is 0.471. The first-order chi connectivity index (χ1) is 11.0. The van der Waals surface area contributed by atoms with E-state index >= 15 is 0 Å². The molecule has 2 aliphatic rings. The number of hydrogen-bond donors (Lipinski definition) is 2. The minimum atomic E-state index is -0.830. The van der Waals surface area contributed by atoms with E-state index in [-0.39, 0.29) is 30.2 Å². The van der Waals surface area contributed by atoms with E-state index in [1.807, 2.05) is 6.07 Å². The molecule has 1 aromatic carbocycles. The van der Waals surface area contributed by atoms with Gasteiger partial charge in [0.15, 0.2) is 0 Å². The topological polar surface area (TPSA) is 86.7 Å². The van der Waals surface area contributed by atoms with Gasteiger partial charge in [0.1, 0.15) is 0 Å². The molecule has 1 saturated heterocycles. The average Bonchev–Trinajstić information content (AvgIpc) is 2.95. The summed E-state index contributed by atoms with van der Waals surface area (Å²) in [5.74, 6) is -0.940. The second-order valence-electron chi connectivity index (χ2n) is 6.21. The van der Waals surface area contributed by atoms with Gasteiger partial charge in [0, 0.05) is 30.3 Å². The molecule has 1 aliphatic carbocycles. The van der Waals surface area contributed by atoms with E-state index in [0.29, 0.717) is 18.5 Å². The molecule has 6 heteroatoms. The number of carbonyl (C=O) groups is 3. The molecular weight excluding hydrogens is 296 g/mol. The lowest BCUT2D eigenvalue weighted by molar-refractivity contribution is -0.139. The normalized spacial score (nSPS) is 23.5. The van der Waals surface area contributed by atoms with Crippen molar-refractivity contribution in [2.75, 3.05) is 11.4 Å². The van der Waals surface area contributed by atoms with Gasteiger partial charge in [0.25, 0.3) is 5.91 Å². The summed E-state index contributed by atoms with van der Waals surface area (Å²) in [4.78, 5) is 36.6. The zero-order chi connectivity index (χ0) is 16.4. The van der Waals surface area contributed by atoms with Crippen LogP contribution in [0.5, 0.6) is 0 Å². The fourth-order valence-electron chi connectivity index (χ4n) is 3.22. The molecule has 122 valence electrons. The first-order valence-corrected chi connectivity index (χ1v) is 7.97. The highest BCUT2D eigenvalue weighted by Crippen LogP contribution is 2.31. The first kappa shape index (κ1) is 15.5. The molecule has 6 nitrogen and oxygen atoms in total. The Bertz CT molecular complexity index is 643. The highest BCUT2D eigenvalue weighted by Gasteiger charge is 2.33. The molecule has 23 heavy (non-hydrogen) atoms. The van der Waals surface area contributed by atoms with Crippen molar-refractivity contribution in [3.05, 3.63) is 29.8 Å². The number of benzene rings is 1. The summed E-state index contributed by atoms with van der Waals surface area (Å²) >= 11 is 0. The maximum atomic E-state index is 12.4. The van der Waals surface area contributed by atoms with Crippen molar-refractivity contribution in [2.24, 2.45) is 5.92 Å². The van der Waals surface area contributed by atoms with E-state index in [0.717, 1.165) is 24.9 Å². The molecule has 2 atom stereocenters. The second-order valence-corrected chi connectivity index (χ2v) is 6.21. The summed E-state index contributed by atoms with van der Waals surface area (Å²) in [7, 11) is 0. The van der Waals surface area contributed by atoms with Gasteiger partial charge in [-0.15, -0.1) is 0 Å². The number of hydrogen-bond acceptors (Lipinski definition) is 3. The fourth-order valence-corrected chi connectivity index (χ4v) is 3.22. The Hall–Kier alpha value is -2.37. The Morgan fingerprint density at radius 3 is 2.74 bits per heavy atom. The van der Waals surface area contributed by atoms with Gasteiger partial charge in [-0.2, -0.15) is 0 Å². The number of nitrogens with one attached hydrogen (secondary N) is 1. The third-order valence-corrected chi connectivity index (χ3v) is 4.66. The number of amides is 2. The van der Waals surface area contributed by atoms with Crippen LogP contribution < -0.4 is 10.2 Å². The van der Waals surface area contributed by atoms with E-state index < -0.39 is 5.97 Å². The van der Waals surface area contributed by atoms with Crippen LogP contribution in [0.1, 0.15) is 42.5 Å². The van der Waals surface area contributed by atoms with Crippen LogP contribution in [0.4, 0.5) is 5.69 Å². The van der Waals surface area contributed by atoms with Crippen LogP contribution in [0.15, 0.2) is 24.3 Å². The molecule has 1 aromatic rings. The number of aliphatic carboxylic acids is 1. The van der Waals surface area contributed by atoms with E-state index in [2.05, 4.69) is 5.32 Å². The van der Waals surface area contributed by atoms with Crippen LogP contribution in [-0.2, 0) is 9.59 Å². The lowest BCUT2D eigenvalue weighted by atomic mass is 9.77. The molecular formula is C17H20N2O4. The quantitative estimate of drug-likeness (QED) is 0.867. The number of anilines is 1. The Kier molecular flexibility index (Phi) is 4.32. The lowest BCUT2D eigenvalue weighted by Gasteiger charge is -2.36. The maximum Gasteiger partial charge on any atom is 0.303 e. The third kappa shape index (κ3) is 3.36. The van der Waals surface area contributed by atoms with Crippen molar-refractivity contribution in [1.82, 2.24) is 5.32 Å². The smallest absolute Gasteiger partial charge is 0.303 e. The van der Waals surface area contributed by atoms with Gasteiger partial charge in [-0.25, -0.2) is 0 Å². The number of carboxylic acid groups (broad SMARTS) is 1. The standard InChI is InChI=1S/C17H20N2O4/c20-15-5-2-8-19(15)13-4-1-3-12(9-13)17(23)18-14-7-6-11(14)10-16(21)22/h1,3-4,9,11,14H,2,5-8,10H2,(H,18,23)(H,21,22)/t11-,14-/m0/s1. The van der Waals surface area contributed by atoms with Gasteiger partial charge in [-0.1, -0.05) is 6.07 Å². The zero-order valence-electron chi connectivity index (χ0n) is 12.8. The van der Waals surface area contributed by atoms with Crippen molar-refractivity contribution in [3.63, 3.8) is 0 Å². The summed E-state index contributed by atoms with van der Waals surface area (Å²) < 4.78 is 0. The molecule has 2 fully saturated rings. The lowest BCUT2D eigenvalue weighted by Crippen LogP contribution is -2.47. The van der Waals surface area contributed by atoms with E-state index in [9.17, 15) is 14.4 Å². The minimum Gasteiger partial charge on any atom is -0.481 e. The molecule has 0 radical (unpaired) electrons. The largest absolute Gasteiger partial charge is 0.481 e. The first-order valence-electron chi connectivity index (χ1n) is 7.97. The molecule has 0 spiro atoms. The van der Waals surface area contributed by atoms with Crippen LogP contribution in [0.2, 0.25) is 0 Å². The van der Waals surface area contributed by atoms with Gasteiger partial charge in [-0.3, -0.25) is 14.4 Å². The number of carboxylic acids is 1. The van der Waals surface area contributed by atoms with Crippen molar-refractivity contribution in [2.45, 2.75) is 38.1 Å². The van der Waals surface area contributed by atoms with E-state index in [4.69, 9.17) is 5.11 Å². The van der Waals surface area contributed by atoms with E-state index in [1.165, 1.54) is 0 Å². The highest BCUT2D eigenvalue weighted by molar-refractivity contribution is 5.99.